The number of para-hydroxylation sites is 4. The largest absolute Gasteiger partial charge is 0.454 e. The van der Waals surface area contributed by atoms with Gasteiger partial charge in [-0.15, -0.1) is 0 Å². The lowest BCUT2D eigenvalue weighted by Gasteiger charge is -2.32. The molecule has 4 nitrogen and oxygen atoms in total. The van der Waals surface area contributed by atoms with E-state index in [0.717, 1.165) is 78.0 Å². The van der Waals surface area contributed by atoms with E-state index in [1.807, 2.05) is 12.1 Å². The Hall–Kier alpha value is -10.2. The zero-order chi connectivity index (χ0) is 52.1. The molecule has 2 heterocycles. The maximum Gasteiger partial charge on any atom is 0.159 e. The Bertz CT molecular complexity index is 5060. The van der Waals surface area contributed by atoms with Crippen LogP contribution in [0.15, 0.2) is 264 Å². The number of fused-ring (bicyclic) bond motifs is 21. The van der Waals surface area contributed by atoms with Gasteiger partial charge in [0.2, 0.25) is 0 Å². The quantitative estimate of drug-likeness (QED) is 0.166. The van der Waals surface area contributed by atoms with Crippen LogP contribution in [0.5, 0.6) is 0 Å². The highest BCUT2D eigenvalue weighted by Gasteiger charge is 2.53. The van der Waals surface area contributed by atoms with Gasteiger partial charge in [0.1, 0.15) is 11.2 Å². The van der Waals surface area contributed by atoms with Gasteiger partial charge in [0, 0.05) is 44.3 Å². The van der Waals surface area contributed by atoms with Crippen molar-refractivity contribution in [1.29, 1.82) is 0 Å². The average Bonchev–Trinajstić information content (AvgIpc) is 2.21. The van der Waals surface area contributed by atoms with Crippen LogP contribution in [0.1, 0.15) is 33.4 Å². The molecule has 17 rings (SSSR count). The number of aryl methyl sites for hydroxylation is 2. The van der Waals surface area contributed by atoms with Gasteiger partial charge in [-0.3, -0.25) is 0 Å². The Morgan fingerprint density at radius 3 is 1.51 bits per heavy atom. The van der Waals surface area contributed by atoms with E-state index in [0.29, 0.717) is 0 Å². The summed E-state index contributed by atoms with van der Waals surface area (Å²) in [5.74, 6) is 0. The molecular weight excluding hydrogens is 961 g/mol. The van der Waals surface area contributed by atoms with Crippen molar-refractivity contribution in [3.05, 3.63) is 288 Å². The molecule has 1 spiro atoms. The smallest absolute Gasteiger partial charge is 0.159 e. The fraction of sp³-hybridized carbons (Fsp3) is 0.0400. The lowest BCUT2D eigenvalue weighted by Crippen LogP contribution is -2.26. The minimum absolute atomic E-state index is 0.640. The summed E-state index contributed by atoms with van der Waals surface area (Å²) in [5.41, 5.74) is 21.9. The van der Waals surface area contributed by atoms with Crippen LogP contribution in [0, 0.1) is 13.8 Å². The number of hydrogen-bond donors (Lipinski definition) is 0. The van der Waals surface area contributed by atoms with Crippen molar-refractivity contribution >= 4 is 110 Å². The molecule has 0 amide bonds. The first-order valence-electron chi connectivity index (χ1n) is 27.3. The van der Waals surface area contributed by atoms with E-state index in [-0.39, 0.29) is 0 Å². The van der Waals surface area contributed by atoms with E-state index >= 15 is 0 Å². The van der Waals surface area contributed by atoms with E-state index in [2.05, 4.69) is 266 Å². The fourth-order valence-corrected chi connectivity index (χ4v) is 13.8. The normalized spacial score (nSPS) is 14.3. The first-order chi connectivity index (χ1) is 39.0. The molecule has 0 aliphatic heterocycles. The lowest BCUT2D eigenvalue weighted by atomic mass is 9.69. The number of anilines is 6. The molecule has 15 aromatic rings. The highest BCUT2D eigenvalue weighted by molar-refractivity contribution is 6.14. The van der Waals surface area contributed by atoms with Gasteiger partial charge in [-0.25, -0.2) is 0 Å². The van der Waals surface area contributed by atoms with Crippen molar-refractivity contribution in [1.82, 2.24) is 0 Å². The van der Waals surface area contributed by atoms with Crippen LogP contribution in [-0.4, -0.2) is 0 Å². The van der Waals surface area contributed by atoms with E-state index < -0.39 is 5.41 Å². The molecule has 2 aromatic heterocycles. The molecule has 0 fully saturated rings. The van der Waals surface area contributed by atoms with Crippen LogP contribution in [0.3, 0.4) is 0 Å². The summed E-state index contributed by atoms with van der Waals surface area (Å²) in [6, 6.07) is 94.2. The number of rotatable bonds is 6. The third kappa shape index (κ3) is 6.20. The second kappa shape index (κ2) is 16.4. The van der Waals surface area contributed by atoms with Crippen LogP contribution in [0.25, 0.3) is 98.4 Å². The SMILES string of the molecule is Cc1ccc(N(c2ccc3cc4c(cc3c2)C2(c3ccccc3-c3c2ccc2ccccc32)c2c-4ccc3cc(N(c4ccc(C)cc4)c4cccc5c4oc4ccccc45)ccc23)c2cccc3c2oc2ccccc23)cc1. The molecule has 2 aliphatic rings. The molecule has 4 heteroatoms. The topological polar surface area (TPSA) is 32.8 Å². The van der Waals surface area contributed by atoms with Crippen molar-refractivity contribution in [2.45, 2.75) is 19.3 Å². The van der Waals surface area contributed by atoms with Crippen molar-refractivity contribution < 1.29 is 8.83 Å². The summed E-state index contributed by atoms with van der Waals surface area (Å²) < 4.78 is 13.5. The summed E-state index contributed by atoms with van der Waals surface area (Å²) in [6.07, 6.45) is 0. The molecule has 0 saturated heterocycles. The lowest BCUT2D eigenvalue weighted by molar-refractivity contribution is 0.668. The van der Waals surface area contributed by atoms with Crippen molar-refractivity contribution in [3.8, 4) is 22.3 Å². The fourth-order valence-electron chi connectivity index (χ4n) is 13.8. The maximum absolute atomic E-state index is 6.76. The second-order valence-electron chi connectivity index (χ2n) is 21.7. The molecule has 370 valence electrons. The van der Waals surface area contributed by atoms with Gasteiger partial charge in [-0.1, -0.05) is 181 Å². The molecule has 79 heavy (non-hydrogen) atoms. The zero-order valence-corrected chi connectivity index (χ0v) is 43.5. The molecule has 0 N–H and O–H groups in total. The molecule has 0 bridgehead atoms. The van der Waals surface area contributed by atoms with Crippen LogP contribution in [0.4, 0.5) is 34.1 Å². The predicted octanol–water partition coefficient (Wildman–Crippen LogP) is 20.8. The van der Waals surface area contributed by atoms with E-state index in [9.17, 15) is 0 Å². The van der Waals surface area contributed by atoms with Crippen molar-refractivity contribution in [3.63, 3.8) is 0 Å². The summed E-state index contributed by atoms with van der Waals surface area (Å²) in [6.45, 7) is 4.29. The number of benzene rings is 13. The highest BCUT2D eigenvalue weighted by atomic mass is 16.3. The molecule has 13 aromatic carbocycles. The molecule has 2 aliphatic carbocycles. The van der Waals surface area contributed by atoms with Gasteiger partial charge in [-0.2, -0.15) is 0 Å². The van der Waals surface area contributed by atoms with Gasteiger partial charge in [0.05, 0.1) is 16.8 Å². The average molecular weight is 1010 g/mol. The summed E-state index contributed by atoms with van der Waals surface area (Å²) in [7, 11) is 0. The molecule has 0 saturated carbocycles. The Morgan fingerprint density at radius 1 is 0.304 bits per heavy atom. The molecular formula is C75H48N2O2. The van der Waals surface area contributed by atoms with E-state index in [1.54, 1.807) is 0 Å². The second-order valence-corrected chi connectivity index (χ2v) is 21.7. The Labute approximate surface area is 456 Å². The van der Waals surface area contributed by atoms with Gasteiger partial charge in [0.15, 0.2) is 11.2 Å². The standard InChI is InChI=1S/C75H48N2O2/c1-45-25-32-51(33-26-45)76(67-21-11-18-60-57-15-6-9-23-69(57)78-73(60)67)53-36-29-48-43-63-59-38-30-49-41-54(77(52-34-27-46(2)28-35-52)68-22-12-19-61-58-16-7-10-24-70(58)79-74(61)68)37-39-56(49)72(59)75(66(63)44-50(48)42-53)64-20-8-5-17-62(64)71-55-14-4-3-13-47(55)31-40-65(71)75/h3-44H,1-2H3. The van der Waals surface area contributed by atoms with Gasteiger partial charge in [0.25, 0.3) is 0 Å². The van der Waals surface area contributed by atoms with Crippen molar-refractivity contribution in [2.24, 2.45) is 0 Å². The first-order valence-corrected chi connectivity index (χ1v) is 27.3. The van der Waals surface area contributed by atoms with Crippen molar-refractivity contribution in [2.75, 3.05) is 9.80 Å². The minimum atomic E-state index is -0.640. The van der Waals surface area contributed by atoms with Gasteiger partial charge < -0.3 is 18.6 Å². The van der Waals surface area contributed by atoms with E-state index in [1.165, 1.54) is 88.0 Å². The predicted molar refractivity (Wildman–Crippen MR) is 329 cm³/mol. The molecule has 0 radical (unpaired) electrons. The highest BCUT2D eigenvalue weighted by Crippen LogP contribution is 2.66. The van der Waals surface area contributed by atoms with Crippen LogP contribution >= 0.6 is 0 Å². The maximum atomic E-state index is 6.76. The minimum Gasteiger partial charge on any atom is -0.454 e. The number of furan rings is 2. The Balaban J connectivity index is 0.914. The number of nitrogens with zero attached hydrogens (tertiary/aromatic N) is 2. The molecule has 1 atom stereocenters. The van der Waals surface area contributed by atoms with Crippen LogP contribution in [0.2, 0.25) is 0 Å². The van der Waals surface area contributed by atoms with E-state index in [4.69, 9.17) is 8.83 Å². The van der Waals surface area contributed by atoms with Gasteiger partial charge in [-0.05, 0) is 176 Å². The molecule has 1 unspecified atom stereocenters. The Morgan fingerprint density at radius 2 is 0.835 bits per heavy atom. The third-order valence-corrected chi connectivity index (χ3v) is 17.3. The third-order valence-electron chi connectivity index (χ3n) is 17.3. The summed E-state index contributed by atoms with van der Waals surface area (Å²) >= 11 is 0. The van der Waals surface area contributed by atoms with Gasteiger partial charge >= 0.3 is 0 Å². The Kier molecular flexibility index (Phi) is 9.15. The number of hydrogen-bond acceptors (Lipinski definition) is 4. The summed E-state index contributed by atoms with van der Waals surface area (Å²) in [4.78, 5) is 4.74. The first kappa shape index (κ1) is 44.0. The zero-order valence-electron chi connectivity index (χ0n) is 43.5. The monoisotopic (exact) mass is 1010 g/mol. The summed E-state index contributed by atoms with van der Waals surface area (Å²) in [5, 5.41) is 11.7. The van der Waals surface area contributed by atoms with Crippen LogP contribution < -0.4 is 9.80 Å². The van der Waals surface area contributed by atoms with Crippen LogP contribution in [-0.2, 0) is 5.41 Å².